The van der Waals surface area contributed by atoms with Gasteiger partial charge in [-0.1, -0.05) is 36.4 Å². The van der Waals surface area contributed by atoms with Crippen molar-refractivity contribution in [1.29, 1.82) is 0 Å². The van der Waals surface area contributed by atoms with Crippen molar-refractivity contribution in [3.05, 3.63) is 71.8 Å². The second kappa shape index (κ2) is 9.26. The Hall–Kier alpha value is -2.75. The third kappa shape index (κ3) is 5.13. The van der Waals surface area contributed by atoms with Crippen molar-refractivity contribution < 1.29 is 14.3 Å². The van der Waals surface area contributed by atoms with Crippen LogP contribution in [-0.4, -0.2) is 20.1 Å². The first-order chi connectivity index (χ1) is 13.2. The van der Waals surface area contributed by atoms with Crippen LogP contribution in [0.1, 0.15) is 36.4 Å². The molecular formula is C23H27NO3. The number of hydrogen-bond donors (Lipinski definition) is 1. The molecule has 0 unspecified atom stereocenters. The molecule has 0 aromatic heterocycles. The van der Waals surface area contributed by atoms with Crippen LogP contribution in [0, 0.1) is 5.92 Å². The van der Waals surface area contributed by atoms with Gasteiger partial charge in [0.05, 0.1) is 20.3 Å². The first kappa shape index (κ1) is 19.0. The molecule has 0 heterocycles. The molecule has 142 valence electrons. The van der Waals surface area contributed by atoms with Gasteiger partial charge in [0.1, 0.15) is 11.5 Å². The van der Waals surface area contributed by atoms with Gasteiger partial charge in [-0.2, -0.15) is 0 Å². The molecule has 1 N–H and O–H groups in total. The molecule has 0 saturated carbocycles. The molecule has 3 rings (SSSR count). The molecule has 0 aliphatic heterocycles. The number of hydrogen-bond acceptors (Lipinski definition) is 3. The maximum atomic E-state index is 12.8. The zero-order valence-corrected chi connectivity index (χ0v) is 16.0. The van der Waals surface area contributed by atoms with Crippen LogP contribution < -0.4 is 14.8 Å². The first-order valence-corrected chi connectivity index (χ1v) is 9.42. The average Bonchev–Trinajstić information content (AvgIpc) is 2.74. The predicted octanol–water partition coefficient (Wildman–Crippen LogP) is 4.46. The second-order valence-corrected chi connectivity index (χ2v) is 6.87. The summed E-state index contributed by atoms with van der Waals surface area (Å²) >= 11 is 0. The van der Waals surface area contributed by atoms with E-state index in [-0.39, 0.29) is 17.9 Å². The van der Waals surface area contributed by atoms with E-state index in [1.165, 1.54) is 0 Å². The lowest BCUT2D eigenvalue weighted by atomic mass is 9.92. The van der Waals surface area contributed by atoms with Crippen LogP contribution in [0.2, 0.25) is 0 Å². The summed E-state index contributed by atoms with van der Waals surface area (Å²) in [6.07, 6.45) is 7.71. The van der Waals surface area contributed by atoms with E-state index in [1.807, 2.05) is 48.5 Å². The average molecular weight is 365 g/mol. The van der Waals surface area contributed by atoms with E-state index < -0.39 is 0 Å². The summed E-state index contributed by atoms with van der Waals surface area (Å²) in [5, 5.41) is 3.27. The molecule has 2 atom stereocenters. The molecule has 2 aromatic rings. The Morgan fingerprint density at radius 3 is 2.19 bits per heavy atom. The van der Waals surface area contributed by atoms with E-state index in [0.717, 1.165) is 48.3 Å². The number of nitrogens with one attached hydrogen (secondary N) is 1. The zero-order valence-electron chi connectivity index (χ0n) is 16.0. The molecule has 4 nitrogen and oxygen atoms in total. The van der Waals surface area contributed by atoms with Crippen LogP contribution in [0.3, 0.4) is 0 Å². The van der Waals surface area contributed by atoms with Gasteiger partial charge in [-0.05, 0) is 61.1 Å². The summed E-state index contributed by atoms with van der Waals surface area (Å²) in [6.45, 7) is 0. The molecule has 1 aliphatic carbocycles. The van der Waals surface area contributed by atoms with E-state index in [9.17, 15) is 4.79 Å². The Bertz CT molecular complexity index is 765. The highest BCUT2D eigenvalue weighted by Crippen LogP contribution is 2.25. The van der Waals surface area contributed by atoms with Gasteiger partial charge in [0, 0.05) is 5.92 Å². The van der Waals surface area contributed by atoms with E-state index in [2.05, 4.69) is 17.5 Å². The van der Waals surface area contributed by atoms with Crippen LogP contribution >= 0.6 is 0 Å². The highest BCUT2D eigenvalue weighted by atomic mass is 16.5. The van der Waals surface area contributed by atoms with Crippen molar-refractivity contribution in [2.45, 2.75) is 31.7 Å². The van der Waals surface area contributed by atoms with Gasteiger partial charge in [-0.25, -0.2) is 0 Å². The minimum atomic E-state index is -0.0808. The summed E-state index contributed by atoms with van der Waals surface area (Å²) in [6, 6.07) is 15.8. The van der Waals surface area contributed by atoms with E-state index >= 15 is 0 Å². The molecule has 27 heavy (non-hydrogen) atoms. The Balaban J connectivity index is 1.78. The van der Waals surface area contributed by atoms with Gasteiger partial charge in [-0.3, -0.25) is 4.79 Å². The molecule has 4 heteroatoms. The van der Waals surface area contributed by atoms with Crippen molar-refractivity contribution in [1.82, 2.24) is 5.32 Å². The molecule has 0 fully saturated rings. The topological polar surface area (TPSA) is 47.6 Å². The minimum absolute atomic E-state index is 0.0617. The number of amides is 1. The lowest BCUT2D eigenvalue weighted by molar-refractivity contribution is -0.126. The van der Waals surface area contributed by atoms with Crippen LogP contribution in [0.4, 0.5) is 0 Å². The standard InChI is InChI=1S/C23H27NO3/c1-26-20-12-8-17(9-13-20)16-22(18-10-14-21(27-2)15-11-18)24-23(25)19-6-4-3-5-7-19/h3-4,8-15,19,22H,5-7,16H2,1-2H3,(H,24,25)/t19-,22+/m0/s1. The first-order valence-electron chi connectivity index (χ1n) is 9.42. The fourth-order valence-corrected chi connectivity index (χ4v) is 3.41. The monoisotopic (exact) mass is 365 g/mol. The second-order valence-electron chi connectivity index (χ2n) is 6.87. The van der Waals surface area contributed by atoms with E-state index in [0.29, 0.717) is 0 Å². The highest BCUT2D eigenvalue weighted by molar-refractivity contribution is 5.79. The number of ether oxygens (including phenoxy) is 2. The molecule has 1 amide bonds. The number of carbonyl (C=O) groups excluding carboxylic acids is 1. The van der Waals surface area contributed by atoms with Gasteiger partial charge in [-0.15, -0.1) is 0 Å². The van der Waals surface area contributed by atoms with Crippen molar-refractivity contribution in [3.63, 3.8) is 0 Å². The molecule has 0 spiro atoms. The fourth-order valence-electron chi connectivity index (χ4n) is 3.41. The van der Waals surface area contributed by atoms with Gasteiger partial charge in [0.2, 0.25) is 5.91 Å². The maximum absolute atomic E-state index is 12.8. The SMILES string of the molecule is COc1ccc(C[C@@H](NC(=O)[C@H]2CC=CCC2)c2ccc(OC)cc2)cc1. The lowest BCUT2D eigenvalue weighted by Gasteiger charge is -2.24. The van der Waals surface area contributed by atoms with E-state index in [4.69, 9.17) is 9.47 Å². The van der Waals surface area contributed by atoms with Crippen molar-refractivity contribution >= 4 is 5.91 Å². The summed E-state index contributed by atoms with van der Waals surface area (Å²) in [5.41, 5.74) is 2.23. The van der Waals surface area contributed by atoms with Crippen LogP contribution in [0.5, 0.6) is 11.5 Å². The molecule has 2 aromatic carbocycles. The third-order valence-corrected chi connectivity index (χ3v) is 5.07. The maximum Gasteiger partial charge on any atom is 0.223 e. The molecule has 1 aliphatic rings. The molecule has 0 saturated heterocycles. The summed E-state index contributed by atoms with van der Waals surface area (Å²) in [5.74, 6) is 1.84. The molecule has 0 radical (unpaired) electrons. The van der Waals surface area contributed by atoms with E-state index in [1.54, 1.807) is 14.2 Å². The Morgan fingerprint density at radius 2 is 1.63 bits per heavy atom. The third-order valence-electron chi connectivity index (χ3n) is 5.07. The van der Waals surface area contributed by atoms with Gasteiger partial charge in [0.25, 0.3) is 0 Å². The zero-order chi connectivity index (χ0) is 19.1. The minimum Gasteiger partial charge on any atom is -0.497 e. The number of allylic oxidation sites excluding steroid dienone is 2. The summed E-state index contributed by atoms with van der Waals surface area (Å²) in [7, 11) is 3.32. The van der Waals surface area contributed by atoms with Crippen molar-refractivity contribution in [2.75, 3.05) is 14.2 Å². The quantitative estimate of drug-likeness (QED) is 0.737. The molecular weight excluding hydrogens is 338 g/mol. The van der Waals surface area contributed by atoms with Gasteiger partial charge in [0.15, 0.2) is 0 Å². The Labute approximate surface area is 161 Å². The highest BCUT2D eigenvalue weighted by Gasteiger charge is 2.23. The van der Waals surface area contributed by atoms with Crippen LogP contribution in [0.15, 0.2) is 60.7 Å². The van der Waals surface area contributed by atoms with Crippen LogP contribution in [0.25, 0.3) is 0 Å². The van der Waals surface area contributed by atoms with Gasteiger partial charge >= 0.3 is 0 Å². The summed E-state index contributed by atoms with van der Waals surface area (Å²) in [4.78, 5) is 12.8. The fraction of sp³-hybridized carbons (Fsp3) is 0.348. The Kier molecular flexibility index (Phi) is 6.53. The number of rotatable bonds is 7. The molecule has 0 bridgehead atoms. The predicted molar refractivity (Wildman–Crippen MR) is 107 cm³/mol. The van der Waals surface area contributed by atoms with Crippen molar-refractivity contribution in [2.24, 2.45) is 5.92 Å². The summed E-state index contributed by atoms with van der Waals surface area (Å²) < 4.78 is 10.5. The lowest BCUT2D eigenvalue weighted by Crippen LogP contribution is -2.35. The number of carbonyl (C=O) groups is 1. The smallest absolute Gasteiger partial charge is 0.223 e. The Morgan fingerprint density at radius 1 is 1.00 bits per heavy atom. The number of methoxy groups -OCH3 is 2. The van der Waals surface area contributed by atoms with Gasteiger partial charge < -0.3 is 14.8 Å². The number of benzene rings is 2. The van der Waals surface area contributed by atoms with Crippen molar-refractivity contribution in [3.8, 4) is 11.5 Å². The van der Waals surface area contributed by atoms with Crippen LogP contribution in [-0.2, 0) is 11.2 Å². The normalized spacial score (nSPS) is 17.2. The largest absolute Gasteiger partial charge is 0.497 e.